The van der Waals surface area contributed by atoms with Gasteiger partial charge in [0.2, 0.25) is 0 Å². The van der Waals surface area contributed by atoms with Crippen LogP contribution in [0.3, 0.4) is 0 Å². The molecule has 2 aliphatic heterocycles. The van der Waals surface area contributed by atoms with E-state index in [2.05, 4.69) is 13.8 Å². The molecular weight excluding hydrogens is 256 g/mol. The number of carboxylic acids is 1. The molecule has 2 fully saturated rings. The molecule has 1 N–H and O–H groups in total. The lowest BCUT2D eigenvalue weighted by Crippen LogP contribution is -2.57. The molecule has 2 aliphatic rings. The van der Waals surface area contributed by atoms with E-state index in [1.807, 2.05) is 11.8 Å². The number of hydrogen-bond acceptors (Lipinski definition) is 2. The lowest BCUT2D eigenvalue weighted by molar-refractivity contribution is -0.148. The van der Waals surface area contributed by atoms with E-state index in [9.17, 15) is 14.7 Å². The van der Waals surface area contributed by atoms with Crippen molar-refractivity contribution in [2.75, 3.05) is 13.1 Å². The van der Waals surface area contributed by atoms with Crippen LogP contribution in [0.2, 0.25) is 0 Å². The molecule has 3 unspecified atom stereocenters. The Balaban J connectivity index is 2.21. The van der Waals surface area contributed by atoms with Crippen LogP contribution in [0.25, 0.3) is 0 Å². The monoisotopic (exact) mass is 282 g/mol. The number of aliphatic carboxylic acids is 1. The summed E-state index contributed by atoms with van der Waals surface area (Å²) in [6.45, 7) is 7.50. The molecule has 5 heteroatoms. The minimum absolute atomic E-state index is 0.0739. The Morgan fingerprint density at radius 1 is 1.35 bits per heavy atom. The summed E-state index contributed by atoms with van der Waals surface area (Å²) in [6.07, 6.45) is 3.71. The maximum atomic E-state index is 12.8. The third kappa shape index (κ3) is 2.38. The molecule has 0 aromatic rings. The van der Waals surface area contributed by atoms with Gasteiger partial charge in [-0.15, -0.1) is 0 Å². The second-order valence-corrected chi connectivity index (χ2v) is 6.47. The van der Waals surface area contributed by atoms with Crippen molar-refractivity contribution in [3.05, 3.63) is 0 Å². The zero-order chi connectivity index (χ0) is 14.9. The van der Waals surface area contributed by atoms with Crippen LogP contribution in [0, 0.1) is 5.92 Å². The normalized spacial score (nSPS) is 33.8. The summed E-state index contributed by atoms with van der Waals surface area (Å²) in [5.74, 6) is -0.341. The van der Waals surface area contributed by atoms with Gasteiger partial charge in [-0.3, -0.25) is 0 Å². The van der Waals surface area contributed by atoms with Crippen LogP contribution in [-0.2, 0) is 4.79 Å². The van der Waals surface area contributed by atoms with Crippen molar-refractivity contribution in [3.63, 3.8) is 0 Å². The Kier molecular flexibility index (Phi) is 4.25. The maximum Gasteiger partial charge on any atom is 0.329 e. The Labute approximate surface area is 120 Å². The van der Waals surface area contributed by atoms with Gasteiger partial charge in [0.05, 0.1) is 0 Å². The highest BCUT2D eigenvalue weighted by Crippen LogP contribution is 2.36. The van der Waals surface area contributed by atoms with Crippen LogP contribution in [0.15, 0.2) is 0 Å². The second-order valence-electron chi connectivity index (χ2n) is 6.47. The average molecular weight is 282 g/mol. The molecule has 0 aromatic heterocycles. The lowest BCUT2D eigenvalue weighted by Gasteiger charge is -2.38. The standard InChI is InChI=1S/C15H26N2O3/c1-4-6-15(13(18)19)7-5-8-17(15)14(20)16-10-11(2)9-12(16)3/h11-12H,4-10H2,1-3H3,(H,18,19). The molecule has 0 aliphatic carbocycles. The molecule has 5 nitrogen and oxygen atoms in total. The SMILES string of the molecule is CCCC1(C(=O)O)CCCN1C(=O)N1CC(C)CC1C. The van der Waals surface area contributed by atoms with Gasteiger partial charge in [-0.2, -0.15) is 0 Å². The molecule has 3 atom stereocenters. The van der Waals surface area contributed by atoms with Gasteiger partial charge >= 0.3 is 12.0 Å². The first kappa shape index (κ1) is 15.1. The fourth-order valence-corrected chi connectivity index (χ4v) is 3.88. The quantitative estimate of drug-likeness (QED) is 0.865. The number of urea groups is 1. The zero-order valence-electron chi connectivity index (χ0n) is 12.8. The van der Waals surface area contributed by atoms with Crippen molar-refractivity contribution < 1.29 is 14.7 Å². The van der Waals surface area contributed by atoms with E-state index in [0.29, 0.717) is 25.3 Å². The van der Waals surface area contributed by atoms with Gasteiger partial charge < -0.3 is 14.9 Å². The number of hydrogen-bond donors (Lipinski definition) is 1. The van der Waals surface area contributed by atoms with Gasteiger partial charge in [-0.05, 0) is 38.5 Å². The van der Waals surface area contributed by atoms with Crippen molar-refractivity contribution in [1.29, 1.82) is 0 Å². The molecule has 0 bridgehead atoms. The van der Waals surface area contributed by atoms with Crippen LogP contribution in [0.1, 0.15) is 52.9 Å². The molecule has 2 amide bonds. The molecule has 0 saturated carbocycles. The van der Waals surface area contributed by atoms with Crippen LogP contribution < -0.4 is 0 Å². The lowest BCUT2D eigenvalue weighted by atomic mass is 9.91. The highest BCUT2D eigenvalue weighted by Gasteiger charge is 2.51. The Hall–Kier alpha value is -1.26. The van der Waals surface area contributed by atoms with Crippen molar-refractivity contribution in [3.8, 4) is 0 Å². The molecule has 2 rings (SSSR count). The Bertz CT molecular complexity index is 399. The van der Waals surface area contributed by atoms with Crippen molar-refractivity contribution >= 4 is 12.0 Å². The number of carbonyl (C=O) groups is 2. The predicted molar refractivity (Wildman–Crippen MR) is 76.6 cm³/mol. The van der Waals surface area contributed by atoms with E-state index in [4.69, 9.17) is 0 Å². The predicted octanol–water partition coefficient (Wildman–Crippen LogP) is 2.56. The smallest absolute Gasteiger partial charge is 0.329 e. The third-order valence-electron chi connectivity index (χ3n) is 4.81. The summed E-state index contributed by atoms with van der Waals surface area (Å²) in [6, 6.07) is 0.140. The van der Waals surface area contributed by atoms with Crippen molar-refractivity contribution in [1.82, 2.24) is 9.80 Å². The van der Waals surface area contributed by atoms with Crippen LogP contribution in [0.5, 0.6) is 0 Å². The molecule has 0 spiro atoms. The van der Waals surface area contributed by atoms with E-state index in [-0.39, 0.29) is 12.1 Å². The number of rotatable bonds is 3. The van der Waals surface area contributed by atoms with Gasteiger partial charge in [0, 0.05) is 19.1 Å². The average Bonchev–Trinajstić information content (AvgIpc) is 2.93. The fourth-order valence-electron chi connectivity index (χ4n) is 3.88. The first-order valence-electron chi connectivity index (χ1n) is 7.74. The highest BCUT2D eigenvalue weighted by atomic mass is 16.4. The summed E-state index contributed by atoms with van der Waals surface area (Å²) in [5, 5.41) is 9.66. The van der Waals surface area contributed by atoms with E-state index in [0.717, 1.165) is 25.8 Å². The minimum Gasteiger partial charge on any atom is -0.479 e. The summed E-state index contributed by atoms with van der Waals surface area (Å²) in [5.41, 5.74) is -0.975. The van der Waals surface area contributed by atoms with E-state index < -0.39 is 11.5 Å². The highest BCUT2D eigenvalue weighted by molar-refractivity contribution is 5.87. The first-order valence-corrected chi connectivity index (χ1v) is 7.74. The van der Waals surface area contributed by atoms with Gasteiger partial charge in [0.15, 0.2) is 0 Å². The van der Waals surface area contributed by atoms with E-state index in [1.54, 1.807) is 4.90 Å². The van der Waals surface area contributed by atoms with Gasteiger partial charge in [0.25, 0.3) is 0 Å². The largest absolute Gasteiger partial charge is 0.479 e. The number of nitrogens with zero attached hydrogens (tertiary/aromatic N) is 2. The van der Waals surface area contributed by atoms with Crippen molar-refractivity contribution in [2.24, 2.45) is 5.92 Å². The second kappa shape index (κ2) is 5.62. The Morgan fingerprint density at radius 2 is 2.05 bits per heavy atom. The van der Waals surface area contributed by atoms with Crippen LogP contribution >= 0.6 is 0 Å². The third-order valence-corrected chi connectivity index (χ3v) is 4.81. The zero-order valence-corrected chi connectivity index (χ0v) is 12.8. The number of amides is 2. The van der Waals surface area contributed by atoms with Crippen molar-refractivity contribution in [2.45, 2.75) is 64.5 Å². The number of likely N-dealkylation sites (tertiary alicyclic amines) is 2. The van der Waals surface area contributed by atoms with Gasteiger partial charge in [-0.25, -0.2) is 9.59 Å². The van der Waals surface area contributed by atoms with Gasteiger partial charge in [0.1, 0.15) is 5.54 Å². The first-order chi connectivity index (χ1) is 9.42. The summed E-state index contributed by atoms with van der Waals surface area (Å²) >= 11 is 0. The molecule has 20 heavy (non-hydrogen) atoms. The topological polar surface area (TPSA) is 60.9 Å². The van der Waals surface area contributed by atoms with E-state index in [1.165, 1.54) is 0 Å². The molecule has 114 valence electrons. The van der Waals surface area contributed by atoms with Gasteiger partial charge in [-0.1, -0.05) is 20.3 Å². The maximum absolute atomic E-state index is 12.8. The summed E-state index contributed by atoms with van der Waals surface area (Å²) < 4.78 is 0. The van der Waals surface area contributed by atoms with Crippen LogP contribution in [-0.4, -0.2) is 51.6 Å². The number of carboxylic acid groups (broad SMARTS) is 1. The minimum atomic E-state index is -0.975. The molecular formula is C15H26N2O3. The summed E-state index contributed by atoms with van der Waals surface area (Å²) in [4.78, 5) is 28.1. The Morgan fingerprint density at radius 3 is 2.55 bits per heavy atom. The number of carbonyl (C=O) groups excluding carboxylic acids is 1. The molecule has 0 aromatic carbocycles. The summed E-state index contributed by atoms with van der Waals surface area (Å²) in [7, 11) is 0. The van der Waals surface area contributed by atoms with E-state index >= 15 is 0 Å². The fraction of sp³-hybridized carbons (Fsp3) is 0.867. The molecule has 0 radical (unpaired) electrons. The van der Waals surface area contributed by atoms with Crippen LogP contribution in [0.4, 0.5) is 4.79 Å². The molecule has 2 saturated heterocycles. The molecule has 2 heterocycles.